The highest BCUT2D eigenvalue weighted by Crippen LogP contribution is 2.40. The van der Waals surface area contributed by atoms with Gasteiger partial charge >= 0.3 is 0 Å². The Morgan fingerprint density at radius 2 is 0.824 bits per heavy atom. The van der Waals surface area contributed by atoms with Crippen LogP contribution in [-0.4, -0.2) is 9.13 Å². The molecule has 0 aliphatic carbocycles. The maximum Gasteiger partial charge on any atom is 0.135 e. The standard InChI is InChI=1S/C48H30N2O/c1-3-11-31(12-4-1)34-19-23-38-41-28-33(20-24-44(41)49(46(38)29-34)35-13-5-2-6-14-35)32-21-25-45-40(27-32)37-15-7-9-17-43(37)50(45)36-22-26-48-42(30-36)39-16-8-10-18-47(39)51-48/h1-30H. The van der Waals surface area contributed by atoms with E-state index in [0.29, 0.717) is 0 Å². The van der Waals surface area contributed by atoms with Gasteiger partial charge in [0.15, 0.2) is 0 Å². The fourth-order valence-corrected chi connectivity index (χ4v) is 8.15. The van der Waals surface area contributed by atoms with Crippen molar-refractivity contribution in [2.45, 2.75) is 0 Å². The maximum absolute atomic E-state index is 6.16. The molecule has 0 atom stereocenters. The van der Waals surface area contributed by atoms with Crippen molar-refractivity contribution in [1.82, 2.24) is 9.13 Å². The molecule has 0 aliphatic heterocycles. The molecule has 11 rings (SSSR count). The van der Waals surface area contributed by atoms with Crippen LogP contribution in [0.25, 0.3) is 99.2 Å². The predicted molar refractivity (Wildman–Crippen MR) is 213 cm³/mol. The summed E-state index contributed by atoms with van der Waals surface area (Å²) in [4.78, 5) is 0. The van der Waals surface area contributed by atoms with E-state index >= 15 is 0 Å². The van der Waals surface area contributed by atoms with Crippen molar-refractivity contribution in [2.75, 3.05) is 0 Å². The Balaban J connectivity index is 1.10. The van der Waals surface area contributed by atoms with E-state index in [1.165, 1.54) is 65.9 Å². The Kier molecular flexibility index (Phi) is 5.96. The number of benzene rings is 8. The molecular formula is C48H30N2O. The Hall–Kier alpha value is -6.84. The van der Waals surface area contributed by atoms with Gasteiger partial charge in [-0.05, 0) is 95.1 Å². The summed E-state index contributed by atoms with van der Waals surface area (Å²) in [6, 6.07) is 65.6. The summed E-state index contributed by atoms with van der Waals surface area (Å²) in [7, 11) is 0. The molecule has 0 spiro atoms. The third-order valence-corrected chi connectivity index (χ3v) is 10.5. The number of aromatic nitrogens is 2. The van der Waals surface area contributed by atoms with E-state index < -0.39 is 0 Å². The van der Waals surface area contributed by atoms with Crippen LogP contribution in [-0.2, 0) is 0 Å². The molecule has 0 amide bonds. The van der Waals surface area contributed by atoms with Gasteiger partial charge in [0.25, 0.3) is 0 Å². The number of para-hydroxylation sites is 3. The Morgan fingerprint density at radius 3 is 1.59 bits per heavy atom. The van der Waals surface area contributed by atoms with Crippen LogP contribution in [0.5, 0.6) is 0 Å². The van der Waals surface area contributed by atoms with E-state index in [2.05, 4.69) is 179 Å². The van der Waals surface area contributed by atoms with Crippen molar-refractivity contribution in [1.29, 1.82) is 0 Å². The molecule has 11 aromatic rings. The van der Waals surface area contributed by atoms with Crippen molar-refractivity contribution < 1.29 is 4.42 Å². The molecule has 3 nitrogen and oxygen atoms in total. The zero-order valence-electron chi connectivity index (χ0n) is 27.6. The molecule has 0 radical (unpaired) electrons. The minimum atomic E-state index is 0.906. The van der Waals surface area contributed by atoms with E-state index in [9.17, 15) is 0 Å². The van der Waals surface area contributed by atoms with Crippen molar-refractivity contribution in [2.24, 2.45) is 0 Å². The molecule has 3 heteroatoms. The largest absolute Gasteiger partial charge is 0.456 e. The van der Waals surface area contributed by atoms with Gasteiger partial charge in [-0.3, -0.25) is 0 Å². The van der Waals surface area contributed by atoms with Crippen LogP contribution in [0.4, 0.5) is 0 Å². The van der Waals surface area contributed by atoms with Gasteiger partial charge in [-0.2, -0.15) is 0 Å². The minimum absolute atomic E-state index is 0.906. The molecule has 0 saturated heterocycles. The monoisotopic (exact) mass is 650 g/mol. The molecule has 3 aromatic heterocycles. The third-order valence-electron chi connectivity index (χ3n) is 10.5. The van der Waals surface area contributed by atoms with Crippen LogP contribution >= 0.6 is 0 Å². The van der Waals surface area contributed by atoms with Gasteiger partial charge in [-0.15, -0.1) is 0 Å². The van der Waals surface area contributed by atoms with Gasteiger partial charge in [0.1, 0.15) is 11.2 Å². The summed E-state index contributed by atoms with van der Waals surface area (Å²) in [6.45, 7) is 0. The number of fused-ring (bicyclic) bond motifs is 9. The molecular weight excluding hydrogens is 621 g/mol. The van der Waals surface area contributed by atoms with E-state index in [1.807, 2.05) is 12.1 Å². The number of nitrogens with zero attached hydrogens (tertiary/aromatic N) is 2. The third kappa shape index (κ3) is 4.25. The highest BCUT2D eigenvalue weighted by atomic mass is 16.3. The van der Waals surface area contributed by atoms with Gasteiger partial charge in [0.05, 0.1) is 22.1 Å². The number of rotatable bonds is 4. The molecule has 0 unspecified atom stereocenters. The van der Waals surface area contributed by atoms with E-state index in [1.54, 1.807) is 0 Å². The molecule has 0 aliphatic rings. The van der Waals surface area contributed by atoms with Crippen LogP contribution in [0.15, 0.2) is 186 Å². The van der Waals surface area contributed by atoms with Crippen molar-refractivity contribution in [3.05, 3.63) is 182 Å². The molecule has 0 saturated carbocycles. The lowest BCUT2D eigenvalue weighted by atomic mass is 9.99. The first-order chi connectivity index (χ1) is 25.3. The topological polar surface area (TPSA) is 23.0 Å². The SMILES string of the molecule is c1ccc(-c2ccc3c4cc(-c5ccc6c(c5)c5ccccc5n6-c5ccc6oc7ccccc7c6c5)ccc4n(-c4ccccc4)c3c2)cc1. The van der Waals surface area contributed by atoms with Gasteiger partial charge in [-0.25, -0.2) is 0 Å². The lowest BCUT2D eigenvalue weighted by Gasteiger charge is -2.10. The lowest BCUT2D eigenvalue weighted by Crippen LogP contribution is -1.93. The maximum atomic E-state index is 6.16. The number of hydrogen-bond acceptors (Lipinski definition) is 1. The quantitative estimate of drug-likeness (QED) is 0.186. The Bertz CT molecular complexity index is 3130. The van der Waals surface area contributed by atoms with Crippen LogP contribution in [0.3, 0.4) is 0 Å². The average Bonchev–Trinajstić information content (AvgIpc) is 3.85. The Morgan fingerprint density at radius 1 is 0.275 bits per heavy atom. The highest BCUT2D eigenvalue weighted by molar-refractivity contribution is 6.13. The van der Waals surface area contributed by atoms with Gasteiger partial charge < -0.3 is 13.6 Å². The summed E-state index contributed by atoms with van der Waals surface area (Å²) in [5.74, 6) is 0. The van der Waals surface area contributed by atoms with Crippen LogP contribution < -0.4 is 0 Å². The molecule has 3 heterocycles. The first-order valence-electron chi connectivity index (χ1n) is 17.4. The summed E-state index contributed by atoms with van der Waals surface area (Å²) in [6.07, 6.45) is 0. The fraction of sp³-hybridized carbons (Fsp3) is 0. The van der Waals surface area contributed by atoms with E-state index in [0.717, 1.165) is 33.3 Å². The zero-order chi connectivity index (χ0) is 33.5. The number of hydrogen-bond donors (Lipinski definition) is 0. The second-order valence-corrected chi connectivity index (χ2v) is 13.4. The van der Waals surface area contributed by atoms with E-state index in [4.69, 9.17) is 4.42 Å². The zero-order valence-corrected chi connectivity index (χ0v) is 27.6. The van der Waals surface area contributed by atoms with Crippen molar-refractivity contribution in [3.8, 4) is 33.6 Å². The fourth-order valence-electron chi connectivity index (χ4n) is 8.15. The van der Waals surface area contributed by atoms with Gasteiger partial charge in [0.2, 0.25) is 0 Å². The van der Waals surface area contributed by atoms with Crippen LogP contribution in [0.2, 0.25) is 0 Å². The predicted octanol–water partition coefficient (Wildman–Crippen LogP) is 13.1. The summed E-state index contributed by atoms with van der Waals surface area (Å²) in [5, 5.41) is 7.23. The summed E-state index contributed by atoms with van der Waals surface area (Å²) < 4.78 is 10.9. The molecule has 51 heavy (non-hydrogen) atoms. The van der Waals surface area contributed by atoms with Crippen molar-refractivity contribution >= 4 is 65.6 Å². The first-order valence-corrected chi connectivity index (χ1v) is 17.4. The smallest absolute Gasteiger partial charge is 0.135 e. The summed E-state index contributed by atoms with van der Waals surface area (Å²) in [5.41, 5.74) is 13.7. The highest BCUT2D eigenvalue weighted by Gasteiger charge is 2.17. The molecule has 0 bridgehead atoms. The second-order valence-electron chi connectivity index (χ2n) is 13.4. The number of furan rings is 1. The van der Waals surface area contributed by atoms with Crippen LogP contribution in [0, 0.1) is 0 Å². The average molecular weight is 651 g/mol. The summed E-state index contributed by atoms with van der Waals surface area (Å²) >= 11 is 0. The Labute approximate surface area is 293 Å². The minimum Gasteiger partial charge on any atom is -0.456 e. The first kappa shape index (κ1) is 28.0. The molecule has 238 valence electrons. The van der Waals surface area contributed by atoms with E-state index in [-0.39, 0.29) is 0 Å². The van der Waals surface area contributed by atoms with Crippen LogP contribution in [0.1, 0.15) is 0 Å². The molecule has 8 aromatic carbocycles. The second kappa shape index (κ2) is 10.8. The van der Waals surface area contributed by atoms with Crippen molar-refractivity contribution in [3.63, 3.8) is 0 Å². The molecule has 0 N–H and O–H groups in total. The van der Waals surface area contributed by atoms with Gasteiger partial charge in [0, 0.05) is 43.7 Å². The van der Waals surface area contributed by atoms with Gasteiger partial charge in [-0.1, -0.05) is 109 Å². The lowest BCUT2D eigenvalue weighted by molar-refractivity contribution is 0.669. The normalized spacial score (nSPS) is 11.9. The molecule has 0 fully saturated rings.